The van der Waals surface area contributed by atoms with E-state index >= 15 is 0 Å². The van der Waals surface area contributed by atoms with E-state index in [0.717, 1.165) is 29.7 Å². The molecule has 2 rings (SSSR count). The Balaban J connectivity index is 2.27. The van der Waals surface area contributed by atoms with Gasteiger partial charge in [0.15, 0.2) is 0 Å². The maximum absolute atomic E-state index is 12.7. The van der Waals surface area contributed by atoms with Crippen LogP contribution in [0.3, 0.4) is 0 Å². The van der Waals surface area contributed by atoms with Gasteiger partial charge in [0.2, 0.25) is 0 Å². The van der Waals surface area contributed by atoms with Gasteiger partial charge in [0, 0.05) is 4.90 Å². The molecule has 2 nitrogen and oxygen atoms in total. The third-order valence-corrected chi connectivity index (χ3v) is 5.77. The molecule has 1 aliphatic rings. The molecule has 0 radical (unpaired) electrons. The molecule has 0 bridgehead atoms. The molecule has 1 fully saturated rings. The second-order valence-corrected chi connectivity index (χ2v) is 6.90. The summed E-state index contributed by atoms with van der Waals surface area (Å²) in [6.07, 6.45) is 2.87. The average molecular weight is 261 g/mol. The quantitative estimate of drug-likeness (QED) is 0.818. The molecular weight excluding hydrogens is 242 g/mol. The zero-order chi connectivity index (χ0) is 13.1. The van der Waals surface area contributed by atoms with E-state index in [-0.39, 0.29) is 11.2 Å². The fourth-order valence-corrected chi connectivity index (χ4v) is 4.58. The highest BCUT2D eigenvalue weighted by molar-refractivity contribution is 7.85. The summed E-state index contributed by atoms with van der Waals surface area (Å²) in [4.78, 5) is 0.900. The molecule has 0 amide bonds. The number of hydrogen-bond acceptors (Lipinski definition) is 2. The van der Waals surface area contributed by atoms with Crippen LogP contribution >= 0.6 is 0 Å². The van der Waals surface area contributed by atoms with Crippen molar-refractivity contribution in [2.75, 3.05) is 0 Å². The van der Waals surface area contributed by atoms with Crippen LogP contribution in [0.5, 0.6) is 0 Å². The zero-order valence-electron chi connectivity index (χ0n) is 10.9. The van der Waals surface area contributed by atoms with E-state index in [4.69, 9.17) is 0 Å². The van der Waals surface area contributed by atoms with Crippen molar-refractivity contribution < 1.29 is 4.21 Å². The van der Waals surface area contributed by atoms with E-state index in [1.54, 1.807) is 0 Å². The van der Waals surface area contributed by atoms with Crippen LogP contribution in [0, 0.1) is 30.1 Å². The molecule has 1 aromatic rings. The highest BCUT2D eigenvalue weighted by atomic mass is 32.2. The van der Waals surface area contributed by atoms with Gasteiger partial charge >= 0.3 is 0 Å². The first kappa shape index (κ1) is 13.3. The molecule has 3 heteroatoms. The van der Waals surface area contributed by atoms with Crippen molar-refractivity contribution in [3.8, 4) is 6.07 Å². The van der Waals surface area contributed by atoms with Gasteiger partial charge < -0.3 is 0 Å². The van der Waals surface area contributed by atoms with Crippen molar-refractivity contribution >= 4 is 10.8 Å². The maximum Gasteiger partial charge on any atom is 0.0668 e. The van der Waals surface area contributed by atoms with Crippen LogP contribution in [0.1, 0.15) is 31.7 Å². The summed E-state index contributed by atoms with van der Waals surface area (Å²) < 4.78 is 12.7. The van der Waals surface area contributed by atoms with E-state index in [2.05, 4.69) is 13.0 Å². The lowest BCUT2D eigenvalue weighted by Crippen LogP contribution is -2.31. The second kappa shape index (κ2) is 5.67. The first-order valence-electron chi connectivity index (χ1n) is 6.49. The molecule has 96 valence electrons. The van der Waals surface area contributed by atoms with Gasteiger partial charge in [0.1, 0.15) is 0 Å². The van der Waals surface area contributed by atoms with E-state index in [9.17, 15) is 9.47 Å². The summed E-state index contributed by atoms with van der Waals surface area (Å²) >= 11 is 0. The van der Waals surface area contributed by atoms with Gasteiger partial charge in [0.25, 0.3) is 0 Å². The average Bonchev–Trinajstić information content (AvgIpc) is 2.38. The lowest BCUT2D eigenvalue weighted by atomic mass is 9.83. The molecule has 4 atom stereocenters. The summed E-state index contributed by atoms with van der Waals surface area (Å²) in [5, 5.41) is 9.23. The molecule has 18 heavy (non-hydrogen) atoms. The molecule has 0 saturated heterocycles. The fourth-order valence-electron chi connectivity index (χ4n) is 2.66. The summed E-state index contributed by atoms with van der Waals surface area (Å²) in [5.41, 5.74) is 1.06. The lowest BCUT2D eigenvalue weighted by Gasteiger charge is -2.30. The van der Waals surface area contributed by atoms with Gasteiger partial charge in [-0.2, -0.15) is 5.26 Å². The van der Waals surface area contributed by atoms with Crippen LogP contribution in [-0.2, 0) is 10.8 Å². The Bertz CT molecular complexity index is 492. The fraction of sp³-hybridized carbons (Fsp3) is 0.533. The number of nitrogens with zero attached hydrogens (tertiary/aromatic N) is 1. The number of rotatable bonds is 2. The molecule has 0 heterocycles. The molecule has 1 aliphatic carbocycles. The van der Waals surface area contributed by atoms with Gasteiger partial charge in [-0.25, -0.2) is 0 Å². The smallest absolute Gasteiger partial charge is 0.0668 e. The van der Waals surface area contributed by atoms with Gasteiger partial charge in [-0.05, 0) is 43.7 Å². The van der Waals surface area contributed by atoms with Gasteiger partial charge in [-0.15, -0.1) is 0 Å². The van der Waals surface area contributed by atoms with Crippen LogP contribution < -0.4 is 0 Å². The van der Waals surface area contributed by atoms with Gasteiger partial charge in [0.05, 0.1) is 28.0 Å². The second-order valence-electron chi connectivity index (χ2n) is 5.26. The molecule has 0 spiro atoms. The normalized spacial score (nSPS) is 29.5. The Labute approximate surface area is 111 Å². The summed E-state index contributed by atoms with van der Waals surface area (Å²) in [7, 11) is -1.05. The van der Waals surface area contributed by atoms with Crippen molar-refractivity contribution in [3.63, 3.8) is 0 Å². The Morgan fingerprint density at radius 3 is 2.72 bits per heavy atom. The first-order valence-corrected chi connectivity index (χ1v) is 7.70. The van der Waals surface area contributed by atoms with Crippen LogP contribution in [0.25, 0.3) is 0 Å². The van der Waals surface area contributed by atoms with Crippen molar-refractivity contribution in [2.24, 2.45) is 11.8 Å². The summed E-state index contributed by atoms with van der Waals surface area (Å²) in [6, 6.07) is 10.2. The third-order valence-electron chi connectivity index (χ3n) is 3.81. The Morgan fingerprint density at radius 2 is 2.06 bits per heavy atom. The Kier molecular flexibility index (Phi) is 4.19. The minimum Gasteiger partial charge on any atom is -0.254 e. The van der Waals surface area contributed by atoms with Crippen LogP contribution in [0.2, 0.25) is 0 Å². The predicted octanol–water partition coefficient (Wildman–Crippen LogP) is 3.43. The number of hydrogen-bond donors (Lipinski definition) is 0. The molecule has 1 aromatic carbocycles. The molecule has 0 N–H and O–H groups in total. The Hall–Kier alpha value is -1.14. The van der Waals surface area contributed by atoms with E-state index in [1.807, 2.05) is 31.2 Å². The van der Waals surface area contributed by atoms with Gasteiger partial charge in [-0.3, -0.25) is 4.21 Å². The largest absolute Gasteiger partial charge is 0.254 e. The molecular formula is C15H19NOS. The topological polar surface area (TPSA) is 40.9 Å². The number of aryl methyl sites for hydroxylation is 1. The van der Waals surface area contributed by atoms with Crippen molar-refractivity contribution in [1.29, 1.82) is 5.26 Å². The highest BCUT2D eigenvalue weighted by Crippen LogP contribution is 2.34. The predicted molar refractivity (Wildman–Crippen MR) is 73.5 cm³/mol. The lowest BCUT2D eigenvalue weighted by molar-refractivity contribution is 0.341. The number of benzene rings is 1. The SMILES string of the molecule is Cc1ccccc1S(=O)C1CC(C)CCC1C#N. The highest BCUT2D eigenvalue weighted by Gasteiger charge is 2.33. The van der Waals surface area contributed by atoms with Crippen LogP contribution in [-0.4, -0.2) is 9.46 Å². The van der Waals surface area contributed by atoms with Crippen LogP contribution in [0.15, 0.2) is 29.2 Å². The minimum atomic E-state index is -1.05. The number of nitriles is 1. The first-order chi connectivity index (χ1) is 8.63. The summed E-state index contributed by atoms with van der Waals surface area (Å²) in [6.45, 7) is 4.18. The molecule has 0 aromatic heterocycles. The van der Waals surface area contributed by atoms with Crippen LogP contribution in [0.4, 0.5) is 0 Å². The molecule has 1 saturated carbocycles. The maximum atomic E-state index is 12.7. The van der Waals surface area contributed by atoms with Crippen molar-refractivity contribution in [1.82, 2.24) is 0 Å². The molecule has 4 unspecified atom stereocenters. The third kappa shape index (κ3) is 2.64. The monoisotopic (exact) mass is 261 g/mol. The minimum absolute atomic E-state index is 0.000139. The van der Waals surface area contributed by atoms with E-state index in [1.165, 1.54) is 0 Å². The molecule has 0 aliphatic heterocycles. The van der Waals surface area contributed by atoms with E-state index < -0.39 is 10.8 Å². The summed E-state index contributed by atoms with van der Waals surface area (Å²) in [5.74, 6) is 0.522. The Morgan fingerprint density at radius 1 is 1.33 bits per heavy atom. The zero-order valence-corrected chi connectivity index (χ0v) is 11.7. The van der Waals surface area contributed by atoms with Gasteiger partial charge in [-0.1, -0.05) is 25.1 Å². The van der Waals surface area contributed by atoms with E-state index in [0.29, 0.717) is 5.92 Å². The standard InChI is InChI=1S/C15H19NOS/c1-11-7-8-13(10-16)15(9-11)18(17)14-6-4-3-5-12(14)2/h3-6,11,13,15H,7-9H2,1-2H3. The van der Waals surface area contributed by atoms with Crippen molar-refractivity contribution in [2.45, 2.75) is 43.3 Å². The van der Waals surface area contributed by atoms with Crippen molar-refractivity contribution in [3.05, 3.63) is 29.8 Å².